The first-order chi connectivity index (χ1) is 6.34. The molecule has 3 nitrogen and oxygen atoms in total. The van der Waals surface area contributed by atoms with Crippen molar-refractivity contribution in [2.45, 2.75) is 11.9 Å². The molecule has 1 aromatic rings. The molecule has 1 rings (SSSR count). The van der Waals surface area contributed by atoms with Gasteiger partial charge in [-0.25, -0.2) is 4.98 Å². The third-order valence-electron chi connectivity index (χ3n) is 1.53. The number of nitrogens with one attached hydrogen (secondary N) is 1. The highest BCUT2D eigenvalue weighted by molar-refractivity contribution is 7.99. The molecule has 1 heterocycles. The second-order valence-electron chi connectivity index (χ2n) is 2.55. The van der Waals surface area contributed by atoms with E-state index in [1.165, 1.54) is 5.56 Å². The zero-order valence-electron chi connectivity index (χ0n) is 7.49. The lowest BCUT2D eigenvalue weighted by molar-refractivity contribution is -0.109. The van der Waals surface area contributed by atoms with E-state index in [0.717, 1.165) is 10.8 Å². The number of carbonyl (C=O) groups excluding carboxylic acids is 1. The quantitative estimate of drug-likeness (QED) is 0.437. The Morgan fingerprint density at radius 1 is 1.69 bits per heavy atom. The summed E-state index contributed by atoms with van der Waals surface area (Å²) in [4.78, 5) is 14.2. The van der Waals surface area contributed by atoms with Gasteiger partial charge in [0.1, 0.15) is 0 Å². The normalized spacial score (nSPS) is 9.62. The highest BCUT2D eigenvalue weighted by atomic mass is 32.2. The van der Waals surface area contributed by atoms with Crippen molar-refractivity contribution >= 4 is 18.2 Å². The van der Waals surface area contributed by atoms with Gasteiger partial charge >= 0.3 is 0 Å². The van der Waals surface area contributed by atoms with E-state index in [1.54, 1.807) is 18.0 Å². The summed E-state index contributed by atoms with van der Waals surface area (Å²) in [5, 5.41) is 3.65. The fourth-order valence-electron chi connectivity index (χ4n) is 0.888. The summed E-state index contributed by atoms with van der Waals surface area (Å²) >= 11 is 1.65. The third kappa shape index (κ3) is 3.46. The number of rotatable bonds is 5. The SMILES string of the molecule is Cc1cccnc1SCCNC=O. The Kier molecular flexibility index (Phi) is 4.32. The first kappa shape index (κ1) is 10.1. The van der Waals surface area contributed by atoms with Gasteiger partial charge < -0.3 is 5.32 Å². The van der Waals surface area contributed by atoms with Crippen LogP contribution in [0.2, 0.25) is 0 Å². The fourth-order valence-corrected chi connectivity index (χ4v) is 1.73. The van der Waals surface area contributed by atoms with Gasteiger partial charge in [0.05, 0.1) is 5.03 Å². The first-order valence-corrected chi connectivity index (χ1v) is 5.04. The summed E-state index contributed by atoms with van der Waals surface area (Å²) in [7, 11) is 0. The van der Waals surface area contributed by atoms with Gasteiger partial charge in [-0.15, -0.1) is 11.8 Å². The lowest BCUT2D eigenvalue weighted by atomic mass is 10.3. The number of amides is 1. The predicted molar refractivity (Wildman–Crippen MR) is 53.8 cm³/mol. The van der Waals surface area contributed by atoms with E-state index >= 15 is 0 Å². The van der Waals surface area contributed by atoms with E-state index in [4.69, 9.17) is 0 Å². The van der Waals surface area contributed by atoms with Crippen LogP contribution in [0.4, 0.5) is 0 Å². The van der Waals surface area contributed by atoms with Crippen molar-refractivity contribution in [3.05, 3.63) is 23.9 Å². The molecule has 0 aliphatic heterocycles. The lowest BCUT2D eigenvalue weighted by Gasteiger charge is -2.02. The lowest BCUT2D eigenvalue weighted by Crippen LogP contribution is -2.14. The van der Waals surface area contributed by atoms with Crippen molar-refractivity contribution in [3.8, 4) is 0 Å². The maximum absolute atomic E-state index is 9.95. The molecule has 70 valence electrons. The molecule has 4 heteroatoms. The molecule has 0 radical (unpaired) electrons. The molecule has 0 spiro atoms. The molecule has 0 aliphatic rings. The highest BCUT2D eigenvalue weighted by Gasteiger charge is 1.97. The minimum atomic E-state index is 0.685. The molecule has 0 bridgehead atoms. The van der Waals surface area contributed by atoms with Gasteiger partial charge in [-0.05, 0) is 18.6 Å². The van der Waals surface area contributed by atoms with Crippen molar-refractivity contribution < 1.29 is 4.79 Å². The van der Waals surface area contributed by atoms with Crippen molar-refractivity contribution in [2.75, 3.05) is 12.3 Å². The molecule has 0 aromatic carbocycles. The Morgan fingerprint density at radius 3 is 3.23 bits per heavy atom. The van der Waals surface area contributed by atoms with Crippen LogP contribution >= 0.6 is 11.8 Å². The zero-order chi connectivity index (χ0) is 9.52. The van der Waals surface area contributed by atoms with Gasteiger partial charge in [-0.1, -0.05) is 6.07 Å². The molecule has 0 saturated carbocycles. The van der Waals surface area contributed by atoms with E-state index in [2.05, 4.69) is 10.3 Å². The number of aromatic nitrogens is 1. The Balaban J connectivity index is 2.36. The average Bonchev–Trinajstić information content (AvgIpc) is 2.15. The van der Waals surface area contributed by atoms with Crippen LogP contribution in [-0.4, -0.2) is 23.7 Å². The number of hydrogen-bond acceptors (Lipinski definition) is 3. The molecule has 1 N–H and O–H groups in total. The first-order valence-electron chi connectivity index (χ1n) is 4.06. The van der Waals surface area contributed by atoms with Crippen LogP contribution in [0.25, 0.3) is 0 Å². The van der Waals surface area contributed by atoms with Crippen molar-refractivity contribution in [2.24, 2.45) is 0 Å². The van der Waals surface area contributed by atoms with E-state index in [9.17, 15) is 4.79 Å². The van der Waals surface area contributed by atoms with Gasteiger partial charge in [0.15, 0.2) is 0 Å². The minimum absolute atomic E-state index is 0.685. The van der Waals surface area contributed by atoms with Crippen LogP contribution in [0, 0.1) is 6.92 Å². The Labute approximate surface area is 81.9 Å². The topological polar surface area (TPSA) is 42.0 Å². The van der Waals surface area contributed by atoms with Crippen LogP contribution < -0.4 is 5.32 Å². The van der Waals surface area contributed by atoms with E-state index in [1.807, 2.05) is 19.1 Å². The van der Waals surface area contributed by atoms with Crippen molar-refractivity contribution in [1.29, 1.82) is 0 Å². The summed E-state index contributed by atoms with van der Waals surface area (Å²) in [6, 6.07) is 3.95. The second-order valence-corrected chi connectivity index (χ2v) is 3.63. The highest BCUT2D eigenvalue weighted by Crippen LogP contribution is 2.17. The predicted octanol–water partition coefficient (Wildman–Crippen LogP) is 1.23. The number of aryl methyl sites for hydroxylation is 1. The molecule has 1 aromatic heterocycles. The third-order valence-corrected chi connectivity index (χ3v) is 2.64. The van der Waals surface area contributed by atoms with Crippen molar-refractivity contribution in [3.63, 3.8) is 0 Å². The van der Waals surface area contributed by atoms with Crippen LogP contribution in [-0.2, 0) is 4.79 Å². The average molecular weight is 196 g/mol. The molecule has 0 unspecified atom stereocenters. The van der Waals surface area contributed by atoms with Gasteiger partial charge in [-0.2, -0.15) is 0 Å². The number of pyridine rings is 1. The molecule has 13 heavy (non-hydrogen) atoms. The standard InChI is InChI=1S/C9H12N2OS/c1-8-3-2-4-11-9(8)13-6-5-10-7-12/h2-4,7H,5-6H2,1H3,(H,10,12). The monoisotopic (exact) mass is 196 g/mol. The number of nitrogens with zero attached hydrogens (tertiary/aromatic N) is 1. The fraction of sp³-hybridized carbons (Fsp3) is 0.333. The van der Waals surface area contributed by atoms with Crippen LogP contribution in [0.5, 0.6) is 0 Å². The van der Waals surface area contributed by atoms with Crippen LogP contribution in [0.15, 0.2) is 23.4 Å². The molecule has 0 aliphatic carbocycles. The van der Waals surface area contributed by atoms with Crippen molar-refractivity contribution in [1.82, 2.24) is 10.3 Å². The number of thioether (sulfide) groups is 1. The van der Waals surface area contributed by atoms with E-state index in [-0.39, 0.29) is 0 Å². The molecule has 0 saturated heterocycles. The summed E-state index contributed by atoms with van der Waals surface area (Å²) < 4.78 is 0. The Bertz CT molecular complexity index is 278. The summed E-state index contributed by atoms with van der Waals surface area (Å²) in [5.74, 6) is 0.858. The van der Waals surface area contributed by atoms with Gasteiger partial charge in [0, 0.05) is 18.5 Å². The largest absolute Gasteiger partial charge is 0.358 e. The van der Waals surface area contributed by atoms with Gasteiger partial charge in [-0.3, -0.25) is 4.79 Å². The summed E-state index contributed by atoms with van der Waals surface area (Å²) in [6.07, 6.45) is 2.49. The Hall–Kier alpha value is -1.03. The van der Waals surface area contributed by atoms with Crippen LogP contribution in [0.1, 0.15) is 5.56 Å². The van der Waals surface area contributed by atoms with Gasteiger partial charge in [0.2, 0.25) is 6.41 Å². The molecular weight excluding hydrogens is 184 g/mol. The smallest absolute Gasteiger partial charge is 0.207 e. The summed E-state index contributed by atoms with van der Waals surface area (Å²) in [6.45, 7) is 2.71. The maximum Gasteiger partial charge on any atom is 0.207 e. The second kappa shape index (κ2) is 5.59. The minimum Gasteiger partial charge on any atom is -0.358 e. The van der Waals surface area contributed by atoms with E-state index < -0.39 is 0 Å². The molecule has 1 amide bonds. The zero-order valence-corrected chi connectivity index (χ0v) is 8.30. The molecule has 0 atom stereocenters. The molecular formula is C9H12N2OS. The maximum atomic E-state index is 9.95. The summed E-state index contributed by atoms with van der Waals surface area (Å²) in [5.41, 5.74) is 1.18. The Morgan fingerprint density at radius 2 is 2.54 bits per heavy atom. The van der Waals surface area contributed by atoms with E-state index in [0.29, 0.717) is 13.0 Å². The molecule has 0 fully saturated rings. The van der Waals surface area contributed by atoms with Gasteiger partial charge in [0.25, 0.3) is 0 Å². The number of carbonyl (C=O) groups is 1. The van der Waals surface area contributed by atoms with Crippen LogP contribution in [0.3, 0.4) is 0 Å². The number of hydrogen-bond donors (Lipinski definition) is 1.